The summed E-state index contributed by atoms with van der Waals surface area (Å²) in [5.41, 5.74) is -0.153. The second-order valence-electron chi connectivity index (χ2n) is 3.15. The Balaban J connectivity index is 5.37. The smallest absolute Gasteiger partial charge is 0.332 e. The minimum atomic E-state index is -1.20. The molecule has 0 amide bonds. The lowest BCUT2D eigenvalue weighted by molar-refractivity contribution is -0.136. The highest BCUT2D eigenvalue weighted by molar-refractivity contribution is 5.99. The molecule has 0 atom stereocenters. The fourth-order valence-corrected chi connectivity index (χ4v) is 1.18. The van der Waals surface area contributed by atoms with Gasteiger partial charge in [0.2, 0.25) is 0 Å². The molecule has 4 heteroatoms. The molecule has 0 saturated heterocycles. The van der Waals surface area contributed by atoms with Crippen LogP contribution in [0.15, 0.2) is 23.8 Å². The number of allylic oxidation sites excluding steroid dienone is 1. The normalized spacial score (nSPS) is 12.2. The second-order valence-corrected chi connectivity index (χ2v) is 3.15. The van der Waals surface area contributed by atoms with E-state index in [0.717, 1.165) is 0 Å². The molecular weight excluding hydrogens is 184 g/mol. The van der Waals surface area contributed by atoms with Gasteiger partial charge in [0.1, 0.15) is 0 Å². The lowest BCUT2D eigenvalue weighted by atomic mass is 9.95. The average molecular weight is 198 g/mol. The summed E-state index contributed by atoms with van der Waals surface area (Å²) in [5, 5.41) is 17.6. The number of hydrogen-bond donors (Lipinski definition) is 2. The third kappa shape index (κ3) is 3.05. The Hall–Kier alpha value is -1.58. The molecule has 0 radical (unpaired) electrons. The lowest BCUT2D eigenvalue weighted by Crippen LogP contribution is -2.15. The summed E-state index contributed by atoms with van der Waals surface area (Å²) in [6.45, 7) is 6.69. The number of hydrogen-bond acceptors (Lipinski definition) is 2. The monoisotopic (exact) mass is 198 g/mol. The molecule has 0 aliphatic heterocycles. The molecule has 0 aromatic rings. The van der Waals surface area contributed by atoms with Crippen LogP contribution in [0.25, 0.3) is 0 Å². The third-order valence-electron chi connectivity index (χ3n) is 1.74. The Morgan fingerprint density at radius 1 is 1.29 bits per heavy atom. The molecule has 0 fully saturated rings. The Labute approximate surface area is 82.6 Å². The predicted molar refractivity (Wildman–Crippen MR) is 51.9 cm³/mol. The number of aliphatic carboxylic acids is 2. The molecule has 0 aliphatic carbocycles. The van der Waals surface area contributed by atoms with Crippen LogP contribution in [0.4, 0.5) is 0 Å². The van der Waals surface area contributed by atoms with E-state index < -0.39 is 11.9 Å². The van der Waals surface area contributed by atoms with Crippen LogP contribution >= 0.6 is 0 Å². The Morgan fingerprint density at radius 2 is 1.79 bits per heavy atom. The Bertz CT molecular complexity index is 286. The van der Waals surface area contributed by atoms with E-state index in [9.17, 15) is 9.59 Å². The van der Waals surface area contributed by atoms with Crippen LogP contribution in [-0.4, -0.2) is 22.2 Å². The van der Waals surface area contributed by atoms with Gasteiger partial charge in [0.05, 0.1) is 11.1 Å². The van der Waals surface area contributed by atoms with Crippen molar-refractivity contribution in [2.45, 2.75) is 20.3 Å². The van der Waals surface area contributed by atoms with Gasteiger partial charge in [-0.3, -0.25) is 0 Å². The zero-order chi connectivity index (χ0) is 11.3. The van der Waals surface area contributed by atoms with E-state index in [2.05, 4.69) is 6.58 Å². The van der Waals surface area contributed by atoms with E-state index in [1.54, 1.807) is 13.8 Å². The molecule has 0 saturated carbocycles. The van der Waals surface area contributed by atoms with Gasteiger partial charge in [0.25, 0.3) is 0 Å². The molecule has 0 bridgehead atoms. The Kier molecular flexibility index (Phi) is 4.63. The Morgan fingerprint density at radius 3 is 2.00 bits per heavy atom. The van der Waals surface area contributed by atoms with Crippen molar-refractivity contribution < 1.29 is 19.8 Å². The van der Waals surface area contributed by atoms with Gasteiger partial charge in [-0.25, -0.2) is 9.59 Å². The van der Waals surface area contributed by atoms with Crippen LogP contribution in [-0.2, 0) is 9.59 Å². The number of rotatable bonds is 5. The average Bonchev–Trinajstić information content (AvgIpc) is 2.01. The SMILES string of the molecule is C=CC/C(C(=O)O)=C(/C(=O)O)C(C)C. The van der Waals surface area contributed by atoms with Crippen molar-refractivity contribution in [3.63, 3.8) is 0 Å². The highest BCUT2D eigenvalue weighted by atomic mass is 16.4. The van der Waals surface area contributed by atoms with Crippen molar-refractivity contribution in [1.82, 2.24) is 0 Å². The fraction of sp³-hybridized carbons (Fsp3) is 0.400. The summed E-state index contributed by atoms with van der Waals surface area (Å²) in [4.78, 5) is 21.6. The first kappa shape index (κ1) is 12.4. The molecular formula is C10H14O4. The van der Waals surface area contributed by atoms with Crippen molar-refractivity contribution in [3.05, 3.63) is 23.8 Å². The maximum Gasteiger partial charge on any atom is 0.332 e. The number of carbonyl (C=O) groups is 2. The molecule has 0 aromatic carbocycles. The van der Waals surface area contributed by atoms with Crippen LogP contribution in [0, 0.1) is 5.92 Å². The second kappa shape index (κ2) is 5.21. The van der Waals surface area contributed by atoms with Gasteiger partial charge in [0, 0.05) is 0 Å². The van der Waals surface area contributed by atoms with E-state index in [4.69, 9.17) is 10.2 Å². The molecule has 0 aromatic heterocycles. The third-order valence-corrected chi connectivity index (χ3v) is 1.74. The van der Waals surface area contributed by atoms with Gasteiger partial charge in [-0.2, -0.15) is 0 Å². The molecule has 0 rings (SSSR count). The number of carboxylic acids is 2. The van der Waals surface area contributed by atoms with Gasteiger partial charge < -0.3 is 10.2 Å². The summed E-state index contributed by atoms with van der Waals surface area (Å²) in [5.74, 6) is -2.70. The van der Waals surface area contributed by atoms with Crippen molar-refractivity contribution in [2.24, 2.45) is 5.92 Å². The summed E-state index contributed by atoms with van der Waals surface area (Å²) in [6, 6.07) is 0. The molecule has 4 nitrogen and oxygen atoms in total. The lowest BCUT2D eigenvalue weighted by Gasteiger charge is -2.10. The highest BCUT2D eigenvalue weighted by Crippen LogP contribution is 2.18. The van der Waals surface area contributed by atoms with Crippen molar-refractivity contribution in [2.75, 3.05) is 0 Å². The minimum absolute atomic E-state index is 0.0580. The standard InChI is InChI=1S/C10H14O4/c1-4-5-7(9(11)12)8(6(2)3)10(13)14/h4,6H,1,5H2,2-3H3,(H,11,12)(H,13,14)/b8-7-. The van der Waals surface area contributed by atoms with E-state index in [1.807, 2.05) is 0 Å². The van der Waals surface area contributed by atoms with E-state index in [1.165, 1.54) is 6.08 Å². The summed E-state index contributed by atoms with van der Waals surface area (Å²) in [7, 11) is 0. The fourth-order valence-electron chi connectivity index (χ4n) is 1.18. The van der Waals surface area contributed by atoms with Crippen LogP contribution in [0.2, 0.25) is 0 Å². The molecule has 0 aliphatic rings. The zero-order valence-electron chi connectivity index (χ0n) is 8.28. The molecule has 0 spiro atoms. The zero-order valence-corrected chi connectivity index (χ0v) is 8.28. The maximum atomic E-state index is 10.8. The van der Waals surface area contributed by atoms with Crippen LogP contribution in [0.1, 0.15) is 20.3 Å². The molecule has 0 unspecified atom stereocenters. The van der Waals surface area contributed by atoms with Crippen LogP contribution < -0.4 is 0 Å². The first-order chi connectivity index (χ1) is 6.41. The van der Waals surface area contributed by atoms with E-state index in [-0.39, 0.29) is 23.5 Å². The van der Waals surface area contributed by atoms with Crippen molar-refractivity contribution in [1.29, 1.82) is 0 Å². The van der Waals surface area contributed by atoms with Crippen LogP contribution in [0.5, 0.6) is 0 Å². The van der Waals surface area contributed by atoms with E-state index >= 15 is 0 Å². The summed E-state index contributed by atoms with van der Waals surface area (Å²) < 4.78 is 0. The van der Waals surface area contributed by atoms with Gasteiger partial charge >= 0.3 is 11.9 Å². The molecule has 0 heterocycles. The van der Waals surface area contributed by atoms with Gasteiger partial charge in [-0.15, -0.1) is 6.58 Å². The quantitative estimate of drug-likeness (QED) is 0.520. The maximum absolute atomic E-state index is 10.8. The highest BCUT2D eigenvalue weighted by Gasteiger charge is 2.21. The molecule has 2 N–H and O–H groups in total. The van der Waals surface area contributed by atoms with Gasteiger partial charge in [-0.1, -0.05) is 19.9 Å². The minimum Gasteiger partial charge on any atom is -0.478 e. The predicted octanol–water partition coefficient (Wildman–Crippen LogP) is 1.68. The summed E-state index contributed by atoms with van der Waals surface area (Å²) in [6.07, 6.45) is 1.45. The number of carboxylic acid groups (broad SMARTS) is 2. The van der Waals surface area contributed by atoms with Crippen molar-refractivity contribution in [3.8, 4) is 0 Å². The topological polar surface area (TPSA) is 74.6 Å². The van der Waals surface area contributed by atoms with Gasteiger partial charge in [0.15, 0.2) is 0 Å². The summed E-state index contributed by atoms with van der Waals surface area (Å²) >= 11 is 0. The van der Waals surface area contributed by atoms with E-state index in [0.29, 0.717) is 0 Å². The first-order valence-electron chi connectivity index (χ1n) is 4.22. The first-order valence-corrected chi connectivity index (χ1v) is 4.22. The molecule has 14 heavy (non-hydrogen) atoms. The van der Waals surface area contributed by atoms with Crippen LogP contribution in [0.3, 0.4) is 0 Å². The molecule has 78 valence electrons. The van der Waals surface area contributed by atoms with Crippen molar-refractivity contribution >= 4 is 11.9 Å². The van der Waals surface area contributed by atoms with Gasteiger partial charge in [-0.05, 0) is 12.3 Å². The largest absolute Gasteiger partial charge is 0.478 e.